The minimum Gasteiger partial charge on any atom is -0.192 e. The summed E-state index contributed by atoms with van der Waals surface area (Å²) in [5.74, 6) is 0. The normalized spacial score (nSPS) is 8.21. The summed E-state index contributed by atoms with van der Waals surface area (Å²) in [5.41, 5.74) is 0.716. The van der Waals surface area contributed by atoms with Gasteiger partial charge in [0.05, 0.1) is 11.6 Å². The smallest absolute Gasteiger partial charge is 0.0991 e. The van der Waals surface area contributed by atoms with E-state index in [1.165, 1.54) is 5.39 Å². The first-order valence-corrected chi connectivity index (χ1v) is 3.79. The molecular weight excluding hydrogens is 217 g/mol. The molecule has 0 atom stereocenters. The first kappa shape index (κ1) is 12.8. The third kappa shape index (κ3) is 2.38. The molecule has 0 aliphatic heterocycles. The lowest BCUT2D eigenvalue weighted by Crippen LogP contribution is -1.74. The van der Waals surface area contributed by atoms with Crippen LogP contribution in [0.5, 0.6) is 0 Å². The van der Waals surface area contributed by atoms with Gasteiger partial charge in [0.2, 0.25) is 0 Å². The molecule has 0 radical (unpaired) electrons. The van der Waals surface area contributed by atoms with Crippen LogP contribution in [-0.4, -0.2) is 0 Å². The molecule has 0 aliphatic carbocycles. The van der Waals surface area contributed by atoms with Crippen LogP contribution in [0, 0.1) is 11.3 Å². The van der Waals surface area contributed by atoms with Crippen molar-refractivity contribution in [3.8, 4) is 6.07 Å². The van der Waals surface area contributed by atoms with Crippen LogP contribution in [0.15, 0.2) is 42.5 Å². The summed E-state index contributed by atoms with van der Waals surface area (Å²) >= 11 is 0. The van der Waals surface area contributed by atoms with Gasteiger partial charge in [-0.3, -0.25) is 0 Å². The first-order chi connectivity index (χ1) is 5.90. The molecule has 0 heterocycles. The molecule has 72 valence electrons. The Bertz CT molecular complexity index is 460. The highest BCUT2D eigenvalue weighted by atomic mass is 35.5. The maximum absolute atomic E-state index is 8.65. The molecule has 0 fully saturated rings. The van der Waals surface area contributed by atoms with Crippen molar-refractivity contribution in [2.75, 3.05) is 0 Å². The zero-order valence-corrected chi connectivity index (χ0v) is 8.94. The molecule has 0 aromatic heterocycles. The van der Waals surface area contributed by atoms with Crippen LogP contribution in [0.1, 0.15) is 5.56 Å². The van der Waals surface area contributed by atoms with Crippen LogP contribution in [0.2, 0.25) is 0 Å². The van der Waals surface area contributed by atoms with E-state index < -0.39 is 0 Å². The second kappa shape index (κ2) is 5.49. The third-order valence-electron chi connectivity index (χ3n) is 1.88. The Morgan fingerprint density at radius 3 is 2.14 bits per heavy atom. The molecule has 2 aromatic carbocycles. The van der Waals surface area contributed by atoms with E-state index in [9.17, 15) is 0 Å². The van der Waals surface area contributed by atoms with Crippen LogP contribution in [-0.2, 0) is 0 Å². The predicted octanol–water partition coefficient (Wildman–Crippen LogP) is 3.56. The highest BCUT2D eigenvalue weighted by molar-refractivity contribution is 5.85. The first-order valence-electron chi connectivity index (χ1n) is 3.79. The fourth-order valence-corrected chi connectivity index (χ4v) is 1.26. The largest absolute Gasteiger partial charge is 0.192 e. The number of hydrogen-bond acceptors (Lipinski definition) is 1. The van der Waals surface area contributed by atoms with E-state index in [1.807, 2.05) is 42.5 Å². The summed E-state index contributed by atoms with van der Waals surface area (Å²) < 4.78 is 0. The summed E-state index contributed by atoms with van der Waals surface area (Å²) in [5, 5.41) is 10.9. The Balaban J connectivity index is 0.000000845. The Kier molecular flexibility index (Phi) is 5.01. The van der Waals surface area contributed by atoms with Crippen LogP contribution in [0.3, 0.4) is 0 Å². The minimum atomic E-state index is 0. The highest BCUT2D eigenvalue weighted by Gasteiger charge is 1.92. The Labute approximate surface area is 95.2 Å². The van der Waals surface area contributed by atoms with Gasteiger partial charge in [-0.25, -0.2) is 0 Å². The van der Waals surface area contributed by atoms with Crippen molar-refractivity contribution in [1.82, 2.24) is 0 Å². The Morgan fingerprint density at radius 1 is 0.857 bits per heavy atom. The van der Waals surface area contributed by atoms with Crippen LogP contribution in [0.25, 0.3) is 10.8 Å². The minimum absolute atomic E-state index is 0. The molecule has 0 N–H and O–H groups in total. The quantitative estimate of drug-likeness (QED) is 0.673. The van der Waals surface area contributed by atoms with Crippen molar-refractivity contribution in [3.05, 3.63) is 48.0 Å². The summed E-state index contributed by atoms with van der Waals surface area (Å²) in [6, 6.07) is 15.8. The van der Waals surface area contributed by atoms with Gasteiger partial charge in [-0.2, -0.15) is 5.26 Å². The zero-order valence-electron chi connectivity index (χ0n) is 7.31. The second-order valence-corrected chi connectivity index (χ2v) is 2.67. The van der Waals surface area contributed by atoms with Gasteiger partial charge in [-0.1, -0.05) is 30.3 Å². The molecule has 0 amide bonds. The van der Waals surface area contributed by atoms with E-state index in [-0.39, 0.29) is 24.8 Å². The number of halogens is 2. The van der Waals surface area contributed by atoms with E-state index in [2.05, 4.69) is 6.07 Å². The fourth-order valence-electron chi connectivity index (χ4n) is 1.26. The third-order valence-corrected chi connectivity index (χ3v) is 1.88. The lowest BCUT2D eigenvalue weighted by Gasteiger charge is -1.95. The average molecular weight is 226 g/mol. The van der Waals surface area contributed by atoms with E-state index >= 15 is 0 Å². The molecule has 2 rings (SSSR count). The summed E-state index contributed by atoms with van der Waals surface area (Å²) in [4.78, 5) is 0. The van der Waals surface area contributed by atoms with E-state index in [0.717, 1.165) is 5.39 Å². The van der Waals surface area contributed by atoms with E-state index in [4.69, 9.17) is 5.26 Å². The van der Waals surface area contributed by atoms with Crippen molar-refractivity contribution in [2.45, 2.75) is 0 Å². The number of rotatable bonds is 0. The molecule has 0 spiro atoms. The highest BCUT2D eigenvalue weighted by Crippen LogP contribution is 2.14. The number of benzene rings is 2. The summed E-state index contributed by atoms with van der Waals surface area (Å²) in [7, 11) is 0. The van der Waals surface area contributed by atoms with Gasteiger partial charge >= 0.3 is 0 Å². The van der Waals surface area contributed by atoms with Crippen molar-refractivity contribution >= 4 is 35.6 Å². The van der Waals surface area contributed by atoms with Gasteiger partial charge < -0.3 is 0 Å². The van der Waals surface area contributed by atoms with Crippen molar-refractivity contribution in [2.24, 2.45) is 0 Å². The zero-order chi connectivity index (χ0) is 8.39. The molecule has 0 aliphatic rings. The molecular formula is C11H9Cl2N. The lowest BCUT2D eigenvalue weighted by atomic mass is 10.1. The average Bonchev–Trinajstić information content (AvgIpc) is 2.17. The molecule has 0 bridgehead atoms. The molecule has 14 heavy (non-hydrogen) atoms. The van der Waals surface area contributed by atoms with Crippen LogP contribution in [0.4, 0.5) is 0 Å². The van der Waals surface area contributed by atoms with Gasteiger partial charge in [-0.05, 0) is 22.9 Å². The second-order valence-electron chi connectivity index (χ2n) is 2.67. The lowest BCUT2D eigenvalue weighted by molar-refractivity contribution is 1.50. The van der Waals surface area contributed by atoms with Crippen LogP contribution >= 0.6 is 24.8 Å². The molecule has 0 unspecified atom stereocenters. The fraction of sp³-hybridized carbons (Fsp3) is 0. The van der Waals surface area contributed by atoms with Gasteiger partial charge in [0.15, 0.2) is 0 Å². The van der Waals surface area contributed by atoms with Crippen molar-refractivity contribution in [1.29, 1.82) is 5.26 Å². The standard InChI is InChI=1S/C11H7N.2ClH/c12-8-9-5-6-10-3-1-2-4-11(10)7-9;;/h1-7H;2*1H. The molecule has 1 nitrogen and oxygen atoms in total. The number of hydrogen-bond donors (Lipinski definition) is 0. The van der Waals surface area contributed by atoms with E-state index in [0.29, 0.717) is 5.56 Å². The van der Waals surface area contributed by atoms with Crippen molar-refractivity contribution < 1.29 is 0 Å². The molecule has 0 saturated heterocycles. The Morgan fingerprint density at radius 2 is 1.50 bits per heavy atom. The van der Waals surface area contributed by atoms with Gasteiger partial charge in [0.1, 0.15) is 0 Å². The maximum atomic E-state index is 8.65. The number of fused-ring (bicyclic) bond motifs is 1. The number of nitrogens with zero attached hydrogens (tertiary/aromatic N) is 1. The van der Waals surface area contributed by atoms with Crippen LogP contribution < -0.4 is 0 Å². The maximum Gasteiger partial charge on any atom is 0.0991 e. The summed E-state index contributed by atoms with van der Waals surface area (Å²) in [6.45, 7) is 0. The topological polar surface area (TPSA) is 23.8 Å². The van der Waals surface area contributed by atoms with Crippen molar-refractivity contribution in [3.63, 3.8) is 0 Å². The summed E-state index contributed by atoms with van der Waals surface area (Å²) in [6.07, 6.45) is 0. The molecule has 0 saturated carbocycles. The van der Waals surface area contributed by atoms with Gasteiger partial charge in [0, 0.05) is 0 Å². The van der Waals surface area contributed by atoms with Gasteiger partial charge in [0.25, 0.3) is 0 Å². The Hall–Kier alpha value is -1.23. The number of nitriles is 1. The predicted molar refractivity (Wildman–Crippen MR) is 63.2 cm³/mol. The molecule has 3 heteroatoms. The van der Waals surface area contributed by atoms with Gasteiger partial charge in [-0.15, -0.1) is 24.8 Å². The molecule has 2 aromatic rings. The van der Waals surface area contributed by atoms with E-state index in [1.54, 1.807) is 0 Å². The SMILES string of the molecule is Cl.Cl.N#Cc1ccc2ccccc2c1. The monoisotopic (exact) mass is 225 g/mol.